The van der Waals surface area contributed by atoms with Crippen molar-refractivity contribution >= 4 is 39.7 Å². The van der Waals surface area contributed by atoms with Crippen LogP contribution in [-0.2, 0) is 9.53 Å². The number of thioether (sulfide) groups is 1. The lowest BCUT2D eigenvalue weighted by atomic mass is 10.3. The summed E-state index contributed by atoms with van der Waals surface area (Å²) in [6.07, 6.45) is -1.77. The molecule has 1 aromatic carbocycles. The molecule has 9 heteroatoms. The van der Waals surface area contributed by atoms with Gasteiger partial charge in [0.1, 0.15) is 11.2 Å². The second-order valence-corrected chi connectivity index (χ2v) is 6.92. The van der Waals surface area contributed by atoms with E-state index in [-0.39, 0.29) is 5.91 Å². The van der Waals surface area contributed by atoms with Crippen LogP contribution in [-0.4, -0.2) is 17.6 Å². The lowest BCUT2D eigenvalue weighted by Crippen LogP contribution is -2.37. The molecule has 23 heavy (non-hydrogen) atoms. The molecule has 8 N–H and O–H groups in total. The van der Waals surface area contributed by atoms with Crippen LogP contribution in [0.1, 0.15) is 11.8 Å². The third-order valence-electron chi connectivity index (χ3n) is 3.20. The lowest BCUT2D eigenvalue weighted by molar-refractivity contribution is -0.115. The molecule has 1 amide bonds. The van der Waals surface area contributed by atoms with E-state index in [1.165, 1.54) is 23.1 Å². The van der Waals surface area contributed by atoms with Gasteiger partial charge in [-0.15, -0.1) is 11.3 Å². The molecule has 0 aliphatic carbocycles. The van der Waals surface area contributed by atoms with Crippen molar-refractivity contribution in [2.45, 2.75) is 22.8 Å². The fourth-order valence-corrected chi connectivity index (χ4v) is 4.02. The minimum absolute atomic E-state index is 0.154. The summed E-state index contributed by atoms with van der Waals surface area (Å²) in [5.41, 5.74) is 18.2. The maximum Gasteiger partial charge on any atom is 0.258 e. The summed E-state index contributed by atoms with van der Waals surface area (Å²) in [7, 11) is 0. The first-order valence-corrected chi connectivity index (χ1v) is 8.63. The lowest BCUT2D eigenvalue weighted by Gasteiger charge is -2.17. The van der Waals surface area contributed by atoms with E-state index >= 15 is 0 Å². The number of para-hydroxylation sites is 1. The molecule has 2 heterocycles. The predicted molar refractivity (Wildman–Crippen MR) is 92.8 cm³/mol. The zero-order chi connectivity index (χ0) is 16.4. The second kappa shape index (κ2) is 6.87. The quantitative estimate of drug-likeness (QED) is 0.515. The minimum atomic E-state index is -0.977. The number of carbonyl (C=O) groups is 1. The molecule has 7 nitrogen and oxygen atoms in total. The summed E-state index contributed by atoms with van der Waals surface area (Å²) in [5.74, 6) is -0.154. The number of nitrogens with two attached hydrogens (primary N) is 3. The van der Waals surface area contributed by atoms with Crippen molar-refractivity contribution in [3.8, 4) is 0 Å². The molecule has 0 bridgehead atoms. The molecule has 0 spiro atoms. The van der Waals surface area contributed by atoms with Crippen LogP contribution in [0, 0.1) is 0 Å². The average molecular weight is 351 g/mol. The van der Waals surface area contributed by atoms with E-state index in [1.54, 1.807) is 6.07 Å². The number of amides is 1. The Hall–Kier alpha value is -1.62. The molecule has 3 rings (SSSR count). The first kappa shape index (κ1) is 16.2. The average Bonchev–Trinajstić information content (AvgIpc) is 3.12. The molecule has 0 saturated carbocycles. The number of fused-ring (bicyclic) bond motifs is 1. The zero-order valence-corrected chi connectivity index (χ0v) is 13.7. The zero-order valence-electron chi connectivity index (χ0n) is 12.1. The third-order valence-corrected chi connectivity index (χ3v) is 5.22. The van der Waals surface area contributed by atoms with Crippen LogP contribution >= 0.6 is 23.1 Å². The topological polar surface area (TPSA) is 128 Å². The highest BCUT2D eigenvalue weighted by molar-refractivity contribution is 8.01. The summed E-state index contributed by atoms with van der Waals surface area (Å²) in [4.78, 5) is 13.5. The Morgan fingerprint density at radius 2 is 2.04 bits per heavy atom. The fraction of sp³-hybridized carbons (Fsp3) is 0.214. The first-order chi connectivity index (χ1) is 11.0. The van der Waals surface area contributed by atoms with Crippen molar-refractivity contribution in [2.24, 2.45) is 17.2 Å². The number of anilines is 2. The van der Waals surface area contributed by atoms with Gasteiger partial charge in [-0.1, -0.05) is 23.9 Å². The highest BCUT2D eigenvalue weighted by atomic mass is 32.2. The van der Waals surface area contributed by atoms with E-state index in [0.29, 0.717) is 10.6 Å². The van der Waals surface area contributed by atoms with E-state index in [9.17, 15) is 4.79 Å². The molecular formula is C14H17N5O2S2. The maximum absolute atomic E-state index is 12.5. The highest BCUT2D eigenvalue weighted by Gasteiger charge is 2.28. The fourth-order valence-electron chi connectivity index (χ4n) is 2.17. The third kappa shape index (κ3) is 3.66. The number of thiophene rings is 1. The SMILES string of the molecule is NC(N)OC(N)c1ccsc1NC(=O)C1Nc2ccccc2S1. The van der Waals surface area contributed by atoms with Gasteiger partial charge in [-0.25, -0.2) is 0 Å². The first-order valence-electron chi connectivity index (χ1n) is 6.87. The van der Waals surface area contributed by atoms with Gasteiger partial charge < -0.3 is 21.1 Å². The summed E-state index contributed by atoms with van der Waals surface area (Å²) >= 11 is 2.84. The normalized spacial score (nSPS) is 17.7. The Morgan fingerprint density at radius 3 is 2.78 bits per heavy atom. The van der Waals surface area contributed by atoms with Gasteiger partial charge in [-0.05, 0) is 23.6 Å². The highest BCUT2D eigenvalue weighted by Crippen LogP contribution is 2.39. The smallest absolute Gasteiger partial charge is 0.258 e. The molecule has 122 valence electrons. The van der Waals surface area contributed by atoms with Crippen LogP contribution < -0.4 is 27.8 Å². The van der Waals surface area contributed by atoms with Crippen molar-refractivity contribution in [3.05, 3.63) is 41.3 Å². The maximum atomic E-state index is 12.5. The summed E-state index contributed by atoms with van der Waals surface area (Å²) < 4.78 is 5.16. The van der Waals surface area contributed by atoms with E-state index in [4.69, 9.17) is 21.9 Å². The Kier molecular flexibility index (Phi) is 4.85. The van der Waals surface area contributed by atoms with Crippen molar-refractivity contribution in [1.29, 1.82) is 0 Å². The van der Waals surface area contributed by atoms with Gasteiger partial charge in [0.15, 0.2) is 11.7 Å². The molecule has 0 radical (unpaired) electrons. The minimum Gasteiger partial charge on any atom is -0.364 e. The number of carbonyl (C=O) groups excluding carboxylic acids is 1. The van der Waals surface area contributed by atoms with Crippen LogP contribution in [0.5, 0.6) is 0 Å². The molecular weight excluding hydrogens is 334 g/mol. The van der Waals surface area contributed by atoms with Crippen LogP contribution in [0.25, 0.3) is 0 Å². The standard InChI is InChI=1S/C14H17N5O2S2/c15-10(21-14(16)17)7-5-6-22-12(7)19-11(20)13-18-8-3-1-2-4-9(8)23-13/h1-6,10,13-14,18H,15-17H2,(H,19,20). The summed E-state index contributed by atoms with van der Waals surface area (Å²) in [6.45, 7) is 0. The molecule has 0 fully saturated rings. The second-order valence-electron chi connectivity index (χ2n) is 4.85. The van der Waals surface area contributed by atoms with Crippen LogP contribution in [0.15, 0.2) is 40.6 Å². The van der Waals surface area contributed by atoms with Gasteiger partial charge in [0.2, 0.25) is 0 Å². The number of hydrogen-bond acceptors (Lipinski definition) is 8. The van der Waals surface area contributed by atoms with Crippen LogP contribution in [0.3, 0.4) is 0 Å². The van der Waals surface area contributed by atoms with Crippen molar-refractivity contribution in [2.75, 3.05) is 10.6 Å². The molecule has 1 aliphatic rings. The van der Waals surface area contributed by atoms with Gasteiger partial charge in [-0.3, -0.25) is 16.3 Å². The molecule has 2 unspecified atom stereocenters. The molecule has 1 aliphatic heterocycles. The van der Waals surface area contributed by atoms with Gasteiger partial charge in [0.25, 0.3) is 5.91 Å². The number of rotatable bonds is 5. The van der Waals surface area contributed by atoms with Gasteiger partial charge >= 0.3 is 0 Å². The summed E-state index contributed by atoms with van der Waals surface area (Å²) in [5, 5.41) is 8.11. The molecule has 1 aromatic heterocycles. The number of hydrogen-bond donors (Lipinski definition) is 5. The molecule has 2 atom stereocenters. The Morgan fingerprint density at radius 1 is 1.26 bits per heavy atom. The molecule has 2 aromatic rings. The number of ether oxygens (including phenoxy) is 1. The van der Waals surface area contributed by atoms with E-state index in [2.05, 4.69) is 10.6 Å². The number of benzene rings is 1. The van der Waals surface area contributed by atoms with Crippen molar-refractivity contribution in [3.63, 3.8) is 0 Å². The van der Waals surface area contributed by atoms with E-state index < -0.39 is 18.0 Å². The Bertz CT molecular complexity index is 681. The van der Waals surface area contributed by atoms with E-state index in [1.807, 2.05) is 29.6 Å². The van der Waals surface area contributed by atoms with Crippen molar-refractivity contribution < 1.29 is 9.53 Å². The Labute approximate surface area is 141 Å². The number of nitrogens with one attached hydrogen (secondary N) is 2. The van der Waals surface area contributed by atoms with E-state index in [0.717, 1.165) is 10.6 Å². The van der Waals surface area contributed by atoms with Gasteiger partial charge in [-0.2, -0.15) is 0 Å². The molecule has 0 saturated heterocycles. The van der Waals surface area contributed by atoms with Crippen LogP contribution in [0.4, 0.5) is 10.7 Å². The van der Waals surface area contributed by atoms with Crippen molar-refractivity contribution in [1.82, 2.24) is 0 Å². The van der Waals surface area contributed by atoms with Crippen LogP contribution in [0.2, 0.25) is 0 Å². The largest absolute Gasteiger partial charge is 0.364 e. The Balaban J connectivity index is 1.67. The summed E-state index contributed by atoms with van der Waals surface area (Å²) in [6, 6.07) is 9.56. The van der Waals surface area contributed by atoms with Gasteiger partial charge in [0.05, 0.1) is 0 Å². The van der Waals surface area contributed by atoms with Gasteiger partial charge in [0, 0.05) is 16.1 Å². The monoisotopic (exact) mass is 351 g/mol. The predicted octanol–water partition coefficient (Wildman–Crippen LogP) is 1.41.